The molecule has 2 amide bonds. The van der Waals surface area contributed by atoms with Crippen LogP contribution >= 0.6 is 0 Å². The van der Waals surface area contributed by atoms with E-state index in [1.54, 1.807) is 13.0 Å². The zero-order valence-electron chi connectivity index (χ0n) is 14.3. The lowest BCUT2D eigenvalue weighted by Crippen LogP contribution is -2.48. The molecule has 0 spiro atoms. The highest BCUT2D eigenvalue weighted by Gasteiger charge is 2.36. The Morgan fingerprint density at radius 1 is 1.29 bits per heavy atom. The van der Waals surface area contributed by atoms with Crippen LogP contribution in [0.4, 0.5) is 0 Å². The van der Waals surface area contributed by atoms with Crippen molar-refractivity contribution >= 4 is 11.8 Å². The van der Waals surface area contributed by atoms with Crippen molar-refractivity contribution in [3.63, 3.8) is 0 Å². The predicted octanol–water partition coefficient (Wildman–Crippen LogP) is 0.559. The number of ether oxygens (including phenoxy) is 1. The molecule has 7 heteroatoms. The molecule has 0 saturated carbocycles. The van der Waals surface area contributed by atoms with E-state index in [4.69, 9.17) is 9.15 Å². The smallest absolute Gasteiger partial charge is 0.254 e. The van der Waals surface area contributed by atoms with E-state index in [2.05, 4.69) is 10.2 Å². The number of hydrogen-bond donors (Lipinski definition) is 1. The maximum Gasteiger partial charge on any atom is 0.254 e. The molecule has 0 bridgehead atoms. The zero-order chi connectivity index (χ0) is 17.1. The van der Waals surface area contributed by atoms with Crippen LogP contribution in [0.1, 0.15) is 28.3 Å². The summed E-state index contributed by atoms with van der Waals surface area (Å²) < 4.78 is 10.7. The number of carbonyl (C=O) groups is 2. The first-order valence-electron chi connectivity index (χ1n) is 8.52. The van der Waals surface area contributed by atoms with Gasteiger partial charge in [-0.05, 0) is 26.3 Å². The highest BCUT2D eigenvalue weighted by atomic mass is 16.5. The lowest BCUT2D eigenvalue weighted by molar-refractivity contribution is -0.133. The quantitative estimate of drug-likeness (QED) is 0.851. The Labute approximate surface area is 141 Å². The number of rotatable bonds is 5. The maximum absolute atomic E-state index is 12.5. The molecule has 1 N–H and O–H groups in total. The molecule has 24 heavy (non-hydrogen) atoms. The van der Waals surface area contributed by atoms with E-state index >= 15 is 0 Å². The van der Waals surface area contributed by atoms with Crippen LogP contribution in [-0.2, 0) is 9.53 Å². The van der Waals surface area contributed by atoms with Gasteiger partial charge in [0.05, 0.1) is 24.8 Å². The molecule has 1 unspecified atom stereocenters. The van der Waals surface area contributed by atoms with Gasteiger partial charge in [-0.25, -0.2) is 0 Å². The summed E-state index contributed by atoms with van der Waals surface area (Å²) >= 11 is 0. The van der Waals surface area contributed by atoms with E-state index < -0.39 is 0 Å². The number of aryl methyl sites for hydroxylation is 2. The van der Waals surface area contributed by atoms with Crippen molar-refractivity contribution in [2.24, 2.45) is 0 Å². The van der Waals surface area contributed by atoms with Gasteiger partial charge in [-0.3, -0.25) is 14.5 Å². The van der Waals surface area contributed by atoms with Crippen molar-refractivity contribution in [1.82, 2.24) is 15.1 Å². The summed E-state index contributed by atoms with van der Waals surface area (Å²) in [6.07, 6.45) is 0.854. The van der Waals surface area contributed by atoms with Crippen molar-refractivity contribution in [2.75, 3.05) is 45.9 Å². The van der Waals surface area contributed by atoms with E-state index in [1.165, 1.54) is 0 Å². The van der Waals surface area contributed by atoms with Crippen LogP contribution in [-0.4, -0.2) is 73.6 Å². The first kappa shape index (κ1) is 17.0. The van der Waals surface area contributed by atoms with Crippen molar-refractivity contribution in [2.45, 2.75) is 26.3 Å². The fourth-order valence-corrected chi connectivity index (χ4v) is 3.43. The summed E-state index contributed by atoms with van der Waals surface area (Å²) in [6.45, 7) is 8.37. The Balaban J connectivity index is 1.46. The first-order valence-corrected chi connectivity index (χ1v) is 8.52. The van der Waals surface area contributed by atoms with Gasteiger partial charge in [0.25, 0.3) is 5.91 Å². The second-order valence-electron chi connectivity index (χ2n) is 6.36. The van der Waals surface area contributed by atoms with Gasteiger partial charge in [-0.1, -0.05) is 0 Å². The van der Waals surface area contributed by atoms with Crippen LogP contribution in [0.25, 0.3) is 0 Å². The zero-order valence-corrected chi connectivity index (χ0v) is 14.3. The number of carbonyl (C=O) groups excluding carboxylic acids is 2. The third kappa shape index (κ3) is 3.62. The van der Waals surface area contributed by atoms with E-state index in [1.807, 2.05) is 11.8 Å². The van der Waals surface area contributed by atoms with Gasteiger partial charge in [0.2, 0.25) is 5.91 Å². The topological polar surface area (TPSA) is 75.0 Å². The summed E-state index contributed by atoms with van der Waals surface area (Å²) in [5.41, 5.74) is 0.562. The number of morpholine rings is 1. The molecule has 0 radical (unpaired) electrons. The predicted molar refractivity (Wildman–Crippen MR) is 87.9 cm³/mol. The van der Waals surface area contributed by atoms with E-state index in [9.17, 15) is 9.59 Å². The van der Waals surface area contributed by atoms with Crippen molar-refractivity contribution in [1.29, 1.82) is 0 Å². The van der Waals surface area contributed by atoms with Gasteiger partial charge in [-0.15, -0.1) is 0 Å². The second kappa shape index (κ2) is 7.36. The molecule has 2 aliphatic rings. The fourth-order valence-electron chi connectivity index (χ4n) is 3.43. The fraction of sp³-hybridized carbons (Fsp3) is 0.647. The molecular weight excluding hydrogens is 310 g/mol. The Hall–Kier alpha value is -1.86. The second-order valence-corrected chi connectivity index (χ2v) is 6.36. The SMILES string of the molecule is Cc1cc(C(=O)NCCN2CCC(N3CCOCC3)C2=O)c(C)o1. The number of hydrogen-bond acceptors (Lipinski definition) is 5. The normalized spacial score (nSPS) is 22.2. The Kier molecular flexibility index (Phi) is 5.20. The number of furan rings is 1. The highest BCUT2D eigenvalue weighted by molar-refractivity contribution is 5.95. The van der Waals surface area contributed by atoms with Gasteiger partial charge in [-0.2, -0.15) is 0 Å². The van der Waals surface area contributed by atoms with Crippen molar-refractivity contribution < 1.29 is 18.7 Å². The van der Waals surface area contributed by atoms with Crippen LogP contribution in [0, 0.1) is 13.8 Å². The molecule has 0 aliphatic carbocycles. The Morgan fingerprint density at radius 2 is 2.04 bits per heavy atom. The highest BCUT2D eigenvalue weighted by Crippen LogP contribution is 2.18. The number of nitrogens with one attached hydrogen (secondary N) is 1. The van der Waals surface area contributed by atoms with Gasteiger partial charge < -0.3 is 19.4 Å². The van der Waals surface area contributed by atoms with Crippen LogP contribution in [0.15, 0.2) is 10.5 Å². The standard InChI is InChI=1S/C17H25N3O4/c1-12-11-14(13(2)24-12)16(21)18-4-6-20-5-3-15(17(20)22)19-7-9-23-10-8-19/h11,15H,3-10H2,1-2H3,(H,18,21). The molecule has 2 fully saturated rings. The summed E-state index contributed by atoms with van der Waals surface area (Å²) in [5, 5.41) is 2.87. The lowest BCUT2D eigenvalue weighted by atomic mass is 10.2. The molecule has 132 valence electrons. The minimum atomic E-state index is -0.152. The third-order valence-corrected chi connectivity index (χ3v) is 4.71. The minimum absolute atomic E-state index is 0.0247. The van der Waals surface area contributed by atoms with Gasteiger partial charge in [0.1, 0.15) is 11.5 Å². The maximum atomic E-state index is 12.5. The molecule has 1 atom stereocenters. The van der Waals surface area contributed by atoms with Crippen LogP contribution in [0.5, 0.6) is 0 Å². The summed E-state index contributed by atoms with van der Waals surface area (Å²) in [6, 6.07) is 1.71. The molecule has 2 aliphatic heterocycles. The van der Waals surface area contributed by atoms with Crippen LogP contribution in [0.2, 0.25) is 0 Å². The average molecular weight is 335 g/mol. The molecule has 7 nitrogen and oxygen atoms in total. The number of nitrogens with zero attached hydrogens (tertiary/aromatic N) is 2. The van der Waals surface area contributed by atoms with Crippen molar-refractivity contribution in [3.8, 4) is 0 Å². The van der Waals surface area contributed by atoms with E-state index in [0.717, 1.165) is 31.8 Å². The third-order valence-electron chi connectivity index (χ3n) is 4.71. The Morgan fingerprint density at radius 3 is 2.71 bits per heavy atom. The van der Waals surface area contributed by atoms with Crippen molar-refractivity contribution in [3.05, 3.63) is 23.2 Å². The summed E-state index contributed by atoms with van der Waals surface area (Å²) in [7, 11) is 0. The molecule has 2 saturated heterocycles. The van der Waals surface area contributed by atoms with Crippen LogP contribution < -0.4 is 5.32 Å². The molecule has 1 aromatic heterocycles. The summed E-state index contributed by atoms with van der Waals surface area (Å²) in [5.74, 6) is 1.36. The largest absolute Gasteiger partial charge is 0.466 e. The summed E-state index contributed by atoms with van der Waals surface area (Å²) in [4.78, 5) is 28.7. The molecule has 0 aromatic carbocycles. The Bertz CT molecular complexity index is 607. The average Bonchev–Trinajstić information content (AvgIpc) is 3.10. The lowest BCUT2D eigenvalue weighted by Gasteiger charge is -2.31. The minimum Gasteiger partial charge on any atom is -0.466 e. The van der Waals surface area contributed by atoms with Gasteiger partial charge in [0, 0.05) is 32.7 Å². The number of amides is 2. The first-order chi connectivity index (χ1) is 11.6. The molecule has 3 rings (SSSR count). The van der Waals surface area contributed by atoms with Gasteiger partial charge in [0.15, 0.2) is 0 Å². The van der Waals surface area contributed by atoms with E-state index in [-0.39, 0.29) is 17.9 Å². The monoisotopic (exact) mass is 335 g/mol. The molecular formula is C17H25N3O4. The number of likely N-dealkylation sites (tertiary alicyclic amines) is 1. The molecule has 1 aromatic rings. The molecule has 3 heterocycles. The van der Waals surface area contributed by atoms with E-state index in [0.29, 0.717) is 37.6 Å². The van der Waals surface area contributed by atoms with Gasteiger partial charge >= 0.3 is 0 Å². The van der Waals surface area contributed by atoms with Crippen LogP contribution in [0.3, 0.4) is 0 Å².